The van der Waals surface area contributed by atoms with Crippen LogP contribution in [0.2, 0.25) is 0 Å². The Morgan fingerprint density at radius 2 is 2.04 bits per heavy atom. The molecule has 1 unspecified atom stereocenters. The van der Waals surface area contributed by atoms with Crippen LogP contribution in [0.25, 0.3) is 0 Å². The molecule has 1 heterocycles. The van der Waals surface area contributed by atoms with Gasteiger partial charge in [-0.25, -0.2) is 0 Å². The lowest BCUT2D eigenvalue weighted by molar-refractivity contribution is 0.0349. The lowest BCUT2D eigenvalue weighted by Gasteiger charge is -2.43. The van der Waals surface area contributed by atoms with Gasteiger partial charge in [-0.2, -0.15) is 0 Å². The van der Waals surface area contributed by atoms with Crippen molar-refractivity contribution >= 4 is 0 Å². The molecule has 0 bridgehead atoms. The van der Waals surface area contributed by atoms with E-state index >= 15 is 0 Å². The minimum atomic E-state index is 0.0320. The van der Waals surface area contributed by atoms with E-state index < -0.39 is 0 Å². The first-order valence-corrected chi connectivity index (χ1v) is 8.55. The zero-order valence-electron chi connectivity index (χ0n) is 14.3. The predicted octanol–water partition coefficient (Wildman–Crippen LogP) is 1.33. The van der Waals surface area contributed by atoms with Gasteiger partial charge >= 0.3 is 0 Å². The summed E-state index contributed by atoms with van der Waals surface area (Å²) in [4.78, 5) is 4.94. The normalized spacial score (nSPS) is 20.1. The van der Waals surface area contributed by atoms with Crippen molar-refractivity contribution in [1.29, 1.82) is 0 Å². The van der Waals surface area contributed by atoms with Crippen LogP contribution in [0, 0.1) is 0 Å². The Hall–Kier alpha value is -1.14. The first kappa shape index (κ1) is 18.2. The average Bonchev–Trinajstić information content (AvgIpc) is 2.53. The zero-order chi connectivity index (χ0) is 16.7. The highest BCUT2D eigenvalue weighted by atomic mass is 16.5. The molecule has 0 saturated carbocycles. The molecule has 1 fully saturated rings. The van der Waals surface area contributed by atoms with Crippen molar-refractivity contribution in [2.75, 3.05) is 39.5 Å². The largest absolute Gasteiger partial charge is 0.491 e. The van der Waals surface area contributed by atoms with E-state index in [2.05, 4.69) is 29.7 Å². The molecule has 5 heteroatoms. The third-order valence-corrected chi connectivity index (χ3v) is 4.40. The maximum atomic E-state index is 9.33. The van der Waals surface area contributed by atoms with Crippen LogP contribution < -0.4 is 4.74 Å². The van der Waals surface area contributed by atoms with E-state index in [0.717, 1.165) is 38.3 Å². The van der Waals surface area contributed by atoms with E-state index in [1.54, 1.807) is 0 Å². The Bertz CT molecular complexity index is 467. The topological polar surface area (TPSA) is 56.2 Å². The fraction of sp³-hybridized carbons (Fsp3) is 0.667. The number of hydrogen-bond donors (Lipinski definition) is 2. The van der Waals surface area contributed by atoms with E-state index in [9.17, 15) is 5.11 Å². The van der Waals surface area contributed by atoms with Crippen molar-refractivity contribution in [2.45, 2.75) is 38.9 Å². The highest BCUT2D eigenvalue weighted by Crippen LogP contribution is 2.20. The summed E-state index contributed by atoms with van der Waals surface area (Å²) in [6.45, 7) is 9.02. The second kappa shape index (κ2) is 9.23. The van der Waals surface area contributed by atoms with Crippen LogP contribution in [0.15, 0.2) is 24.3 Å². The van der Waals surface area contributed by atoms with E-state index in [4.69, 9.17) is 9.84 Å². The molecule has 0 amide bonds. The number of rotatable bonds is 8. The lowest BCUT2D eigenvalue weighted by Crippen LogP contribution is -2.55. The summed E-state index contributed by atoms with van der Waals surface area (Å²) >= 11 is 0. The van der Waals surface area contributed by atoms with E-state index in [-0.39, 0.29) is 13.2 Å². The quantitative estimate of drug-likeness (QED) is 0.756. The van der Waals surface area contributed by atoms with Crippen molar-refractivity contribution < 1.29 is 14.9 Å². The van der Waals surface area contributed by atoms with E-state index in [1.165, 1.54) is 5.56 Å². The molecule has 1 saturated heterocycles. The smallest absolute Gasteiger partial charge is 0.119 e. The van der Waals surface area contributed by atoms with Gasteiger partial charge in [0.05, 0.1) is 6.61 Å². The number of nitrogens with zero attached hydrogens (tertiary/aromatic N) is 2. The molecule has 0 radical (unpaired) electrons. The monoisotopic (exact) mass is 322 g/mol. The van der Waals surface area contributed by atoms with Crippen molar-refractivity contribution in [3.63, 3.8) is 0 Å². The van der Waals surface area contributed by atoms with Gasteiger partial charge in [0.15, 0.2) is 0 Å². The first-order valence-electron chi connectivity index (χ1n) is 8.55. The van der Waals surface area contributed by atoms with Gasteiger partial charge in [0, 0.05) is 44.9 Å². The number of aliphatic hydroxyl groups is 2. The molecule has 1 atom stereocenters. The standard InChI is InChI=1S/C18H30N2O3/c1-15(2)20-8-7-19(14-17(20)6-9-21)13-16-4-3-5-18(12-16)23-11-10-22/h3-5,12,15,17,21-22H,6-11,13-14H2,1-2H3. The molecular weight excluding hydrogens is 292 g/mol. The van der Waals surface area contributed by atoms with Crippen LogP contribution >= 0.6 is 0 Å². The molecule has 0 aromatic heterocycles. The van der Waals surface area contributed by atoms with Gasteiger partial charge in [0.1, 0.15) is 12.4 Å². The van der Waals surface area contributed by atoms with E-state index in [0.29, 0.717) is 18.7 Å². The third-order valence-electron chi connectivity index (χ3n) is 4.40. The molecule has 0 spiro atoms. The Morgan fingerprint density at radius 1 is 1.22 bits per heavy atom. The Morgan fingerprint density at radius 3 is 2.74 bits per heavy atom. The second-order valence-electron chi connectivity index (χ2n) is 6.45. The molecule has 2 N–H and O–H groups in total. The molecule has 0 aliphatic carbocycles. The number of benzene rings is 1. The summed E-state index contributed by atoms with van der Waals surface area (Å²) < 4.78 is 5.48. The second-order valence-corrected chi connectivity index (χ2v) is 6.45. The number of piperazine rings is 1. The van der Waals surface area contributed by atoms with Gasteiger partial charge in [-0.1, -0.05) is 12.1 Å². The molecule has 23 heavy (non-hydrogen) atoms. The minimum absolute atomic E-state index is 0.0320. The summed E-state index contributed by atoms with van der Waals surface area (Å²) in [6, 6.07) is 9.02. The molecule has 2 rings (SSSR count). The molecule has 5 nitrogen and oxygen atoms in total. The molecule has 1 aromatic rings. The SMILES string of the molecule is CC(C)N1CCN(Cc2cccc(OCCO)c2)CC1CCO. The zero-order valence-corrected chi connectivity index (χ0v) is 14.3. The maximum absolute atomic E-state index is 9.33. The van der Waals surface area contributed by atoms with Crippen LogP contribution in [-0.4, -0.2) is 71.6 Å². The van der Waals surface area contributed by atoms with Crippen LogP contribution in [-0.2, 0) is 6.54 Å². The maximum Gasteiger partial charge on any atom is 0.119 e. The van der Waals surface area contributed by atoms with Crippen molar-refractivity contribution in [1.82, 2.24) is 9.80 Å². The minimum Gasteiger partial charge on any atom is -0.491 e. The van der Waals surface area contributed by atoms with Crippen molar-refractivity contribution in [2.24, 2.45) is 0 Å². The van der Waals surface area contributed by atoms with Crippen LogP contribution in [0.5, 0.6) is 5.75 Å². The Labute approximate surface area is 139 Å². The predicted molar refractivity (Wildman–Crippen MR) is 91.6 cm³/mol. The van der Waals surface area contributed by atoms with Crippen LogP contribution in [0.3, 0.4) is 0 Å². The molecule has 130 valence electrons. The number of aliphatic hydroxyl groups excluding tert-OH is 2. The highest BCUT2D eigenvalue weighted by molar-refractivity contribution is 5.28. The fourth-order valence-corrected chi connectivity index (χ4v) is 3.32. The van der Waals surface area contributed by atoms with Gasteiger partial charge in [-0.15, -0.1) is 0 Å². The summed E-state index contributed by atoms with van der Waals surface area (Å²) in [5.74, 6) is 0.810. The first-order chi connectivity index (χ1) is 11.1. The summed E-state index contributed by atoms with van der Waals surface area (Å²) in [5, 5.41) is 18.2. The molecule has 1 aliphatic rings. The molecular formula is C18H30N2O3. The van der Waals surface area contributed by atoms with Crippen molar-refractivity contribution in [3.8, 4) is 5.75 Å². The third kappa shape index (κ3) is 5.46. The van der Waals surface area contributed by atoms with Crippen LogP contribution in [0.4, 0.5) is 0 Å². The van der Waals surface area contributed by atoms with Gasteiger partial charge < -0.3 is 14.9 Å². The average molecular weight is 322 g/mol. The fourth-order valence-electron chi connectivity index (χ4n) is 3.32. The molecule has 1 aromatic carbocycles. The van der Waals surface area contributed by atoms with Gasteiger partial charge in [-0.05, 0) is 38.0 Å². The summed E-state index contributed by atoms with van der Waals surface area (Å²) in [7, 11) is 0. The van der Waals surface area contributed by atoms with Gasteiger partial charge in [0.2, 0.25) is 0 Å². The van der Waals surface area contributed by atoms with E-state index in [1.807, 2.05) is 18.2 Å². The summed E-state index contributed by atoms with van der Waals surface area (Å²) in [6.07, 6.45) is 0.828. The lowest BCUT2D eigenvalue weighted by atomic mass is 10.1. The highest BCUT2D eigenvalue weighted by Gasteiger charge is 2.28. The van der Waals surface area contributed by atoms with Crippen molar-refractivity contribution in [3.05, 3.63) is 29.8 Å². The number of ether oxygens (including phenoxy) is 1. The van der Waals surface area contributed by atoms with Gasteiger partial charge in [0.25, 0.3) is 0 Å². The number of hydrogen-bond acceptors (Lipinski definition) is 5. The summed E-state index contributed by atoms with van der Waals surface area (Å²) in [5.41, 5.74) is 1.22. The van der Waals surface area contributed by atoms with Gasteiger partial charge in [-0.3, -0.25) is 9.80 Å². The molecule has 1 aliphatic heterocycles. The Balaban J connectivity index is 1.95. The van der Waals surface area contributed by atoms with Crippen LogP contribution in [0.1, 0.15) is 25.8 Å². The Kier molecular flexibility index (Phi) is 7.30.